The maximum absolute atomic E-state index is 12.1. The van der Waals surface area contributed by atoms with Crippen molar-refractivity contribution in [3.8, 4) is 6.07 Å². The van der Waals surface area contributed by atoms with Crippen molar-refractivity contribution in [3.05, 3.63) is 47.2 Å². The molecule has 2 rings (SSSR count). The second-order valence-electron chi connectivity index (χ2n) is 4.49. The summed E-state index contributed by atoms with van der Waals surface area (Å²) >= 11 is 0. The van der Waals surface area contributed by atoms with Crippen LogP contribution in [0.15, 0.2) is 30.5 Å². The standard InChI is InChI=1S/C13H14N4O2S/c1-10-4-3-5-11(6-10)9-20(18,19)16-13-12(7-14)8-15-17(13)2/h3-6,8,16H,9H2,1-2H3. The predicted octanol–water partition coefficient (Wildman–Crippen LogP) is 1.54. The number of nitrogens with one attached hydrogen (secondary N) is 1. The van der Waals surface area contributed by atoms with E-state index in [1.807, 2.05) is 31.2 Å². The van der Waals surface area contributed by atoms with Gasteiger partial charge in [-0.15, -0.1) is 0 Å². The van der Waals surface area contributed by atoms with Crippen LogP contribution in [0.2, 0.25) is 0 Å². The van der Waals surface area contributed by atoms with Crippen LogP contribution in [0.25, 0.3) is 0 Å². The smallest absolute Gasteiger partial charge is 0.238 e. The molecule has 104 valence electrons. The van der Waals surface area contributed by atoms with Crippen LogP contribution < -0.4 is 4.72 Å². The van der Waals surface area contributed by atoms with E-state index in [0.29, 0.717) is 5.56 Å². The highest BCUT2D eigenvalue weighted by Crippen LogP contribution is 2.16. The summed E-state index contributed by atoms with van der Waals surface area (Å²) in [5, 5.41) is 12.8. The second kappa shape index (κ2) is 5.35. The molecule has 0 aliphatic heterocycles. The zero-order chi connectivity index (χ0) is 14.8. The van der Waals surface area contributed by atoms with E-state index in [4.69, 9.17) is 5.26 Å². The summed E-state index contributed by atoms with van der Waals surface area (Å²) in [5.74, 6) is 0.0326. The molecule has 0 saturated heterocycles. The third kappa shape index (κ3) is 3.16. The number of hydrogen-bond acceptors (Lipinski definition) is 4. The average Bonchev–Trinajstić information content (AvgIpc) is 2.69. The topological polar surface area (TPSA) is 87.8 Å². The molecular weight excluding hydrogens is 276 g/mol. The Labute approximate surface area is 117 Å². The summed E-state index contributed by atoms with van der Waals surface area (Å²) in [7, 11) is -2.02. The highest BCUT2D eigenvalue weighted by Gasteiger charge is 2.17. The summed E-state index contributed by atoms with van der Waals surface area (Å²) in [4.78, 5) is 0. The minimum atomic E-state index is -3.59. The summed E-state index contributed by atoms with van der Waals surface area (Å²) in [6.45, 7) is 1.90. The van der Waals surface area contributed by atoms with Crippen LogP contribution in [0, 0.1) is 18.3 Å². The Hall–Kier alpha value is -2.33. The lowest BCUT2D eigenvalue weighted by molar-refractivity contribution is 0.599. The quantitative estimate of drug-likeness (QED) is 0.925. The first-order valence-electron chi connectivity index (χ1n) is 5.89. The van der Waals surface area contributed by atoms with Crippen LogP contribution >= 0.6 is 0 Å². The number of nitriles is 1. The Morgan fingerprint density at radius 3 is 2.85 bits per heavy atom. The highest BCUT2D eigenvalue weighted by atomic mass is 32.2. The van der Waals surface area contributed by atoms with Crippen LogP contribution in [0.1, 0.15) is 16.7 Å². The Bertz CT molecular complexity index is 772. The summed E-state index contributed by atoms with van der Waals surface area (Å²) in [6.07, 6.45) is 1.32. The molecule has 0 radical (unpaired) electrons. The van der Waals surface area contributed by atoms with Gasteiger partial charge < -0.3 is 0 Å². The van der Waals surface area contributed by atoms with E-state index >= 15 is 0 Å². The fourth-order valence-corrected chi connectivity index (χ4v) is 3.07. The van der Waals surface area contributed by atoms with Crippen molar-refractivity contribution in [3.63, 3.8) is 0 Å². The molecule has 6 nitrogen and oxygen atoms in total. The molecule has 1 heterocycles. The summed E-state index contributed by atoms with van der Waals surface area (Å²) < 4.78 is 28.0. The summed E-state index contributed by atoms with van der Waals surface area (Å²) in [6, 6.07) is 9.18. The molecule has 20 heavy (non-hydrogen) atoms. The third-order valence-corrected chi connectivity index (χ3v) is 3.97. The van der Waals surface area contributed by atoms with Crippen LogP contribution in [0.3, 0.4) is 0 Å². The zero-order valence-corrected chi connectivity index (χ0v) is 12.0. The van der Waals surface area contributed by atoms with Gasteiger partial charge in [0.1, 0.15) is 11.6 Å². The molecule has 0 atom stereocenters. The van der Waals surface area contributed by atoms with Gasteiger partial charge in [0, 0.05) is 7.05 Å². The van der Waals surface area contributed by atoms with E-state index < -0.39 is 10.0 Å². The lowest BCUT2D eigenvalue weighted by Gasteiger charge is -2.09. The van der Waals surface area contributed by atoms with E-state index in [1.54, 1.807) is 13.1 Å². The molecule has 1 aromatic carbocycles. The van der Waals surface area contributed by atoms with Gasteiger partial charge in [0.2, 0.25) is 10.0 Å². The number of rotatable bonds is 4. The first kappa shape index (κ1) is 14.1. The second-order valence-corrected chi connectivity index (χ2v) is 6.21. The number of sulfonamides is 1. The van der Waals surface area contributed by atoms with Crippen molar-refractivity contribution in [1.29, 1.82) is 5.26 Å². The predicted molar refractivity (Wildman–Crippen MR) is 75.3 cm³/mol. The molecule has 0 fully saturated rings. The number of anilines is 1. The van der Waals surface area contributed by atoms with Crippen molar-refractivity contribution in [2.45, 2.75) is 12.7 Å². The van der Waals surface area contributed by atoms with E-state index in [2.05, 4.69) is 9.82 Å². The Morgan fingerprint density at radius 1 is 1.45 bits per heavy atom. The number of aromatic nitrogens is 2. The van der Waals surface area contributed by atoms with Gasteiger partial charge in [-0.05, 0) is 12.5 Å². The molecule has 1 N–H and O–H groups in total. The molecule has 0 aliphatic carbocycles. The average molecular weight is 290 g/mol. The minimum absolute atomic E-state index is 0.148. The normalized spacial score (nSPS) is 11.1. The van der Waals surface area contributed by atoms with E-state index in [1.165, 1.54) is 10.9 Å². The van der Waals surface area contributed by atoms with Crippen molar-refractivity contribution < 1.29 is 8.42 Å². The first-order chi connectivity index (χ1) is 9.41. The highest BCUT2D eigenvalue weighted by molar-refractivity contribution is 7.91. The number of hydrogen-bond donors (Lipinski definition) is 1. The maximum atomic E-state index is 12.1. The van der Waals surface area contributed by atoms with E-state index in [9.17, 15) is 8.42 Å². The minimum Gasteiger partial charge on any atom is -0.266 e. The van der Waals surface area contributed by atoms with Crippen molar-refractivity contribution >= 4 is 15.8 Å². The third-order valence-electron chi connectivity index (χ3n) is 2.75. The molecular formula is C13H14N4O2S. The fraction of sp³-hybridized carbons (Fsp3) is 0.231. The largest absolute Gasteiger partial charge is 0.266 e. The van der Waals surface area contributed by atoms with Crippen LogP contribution in [0.5, 0.6) is 0 Å². The maximum Gasteiger partial charge on any atom is 0.238 e. The van der Waals surface area contributed by atoms with Crippen molar-refractivity contribution in [2.24, 2.45) is 7.05 Å². The van der Waals surface area contributed by atoms with E-state index in [0.717, 1.165) is 5.56 Å². The lowest BCUT2D eigenvalue weighted by Crippen LogP contribution is -2.18. The zero-order valence-electron chi connectivity index (χ0n) is 11.2. The fourth-order valence-electron chi connectivity index (χ4n) is 1.85. The SMILES string of the molecule is Cc1cccc(CS(=O)(=O)Nc2c(C#N)cnn2C)c1. The molecule has 0 bridgehead atoms. The monoisotopic (exact) mass is 290 g/mol. The molecule has 0 spiro atoms. The number of aryl methyl sites for hydroxylation is 2. The van der Waals surface area contributed by atoms with Gasteiger partial charge in [-0.3, -0.25) is 9.40 Å². The Balaban J connectivity index is 2.24. The molecule has 0 saturated carbocycles. The van der Waals surface area contributed by atoms with Gasteiger partial charge in [-0.1, -0.05) is 29.8 Å². The van der Waals surface area contributed by atoms with Crippen LogP contribution in [-0.2, 0) is 22.8 Å². The van der Waals surface area contributed by atoms with E-state index in [-0.39, 0.29) is 17.1 Å². The van der Waals surface area contributed by atoms with Gasteiger partial charge in [-0.25, -0.2) is 8.42 Å². The summed E-state index contributed by atoms with van der Waals surface area (Å²) in [5.41, 5.74) is 1.88. The Kier molecular flexibility index (Phi) is 3.77. The molecule has 0 aliphatic rings. The first-order valence-corrected chi connectivity index (χ1v) is 7.54. The van der Waals surface area contributed by atoms with Crippen molar-refractivity contribution in [1.82, 2.24) is 9.78 Å². The molecule has 7 heteroatoms. The van der Waals surface area contributed by atoms with Gasteiger partial charge >= 0.3 is 0 Å². The number of nitrogens with zero attached hydrogens (tertiary/aromatic N) is 3. The van der Waals surface area contributed by atoms with Crippen LogP contribution in [-0.4, -0.2) is 18.2 Å². The Morgan fingerprint density at radius 2 is 2.20 bits per heavy atom. The van der Waals surface area contributed by atoms with Crippen LogP contribution in [0.4, 0.5) is 5.82 Å². The molecule has 2 aromatic rings. The van der Waals surface area contributed by atoms with Crippen molar-refractivity contribution in [2.75, 3.05) is 4.72 Å². The molecule has 0 amide bonds. The van der Waals surface area contributed by atoms with Gasteiger partial charge in [-0.2, -0.15) is 10.4 Å². The van der Waals surface area contributed by atoms with Gasteiger partial charge in [0.05, 0.1) is 11.9 Å². The molecule has 1 aromatic heterocycles. The van der Waals surface area contributed by atoms with Gasteiger partial charge in [0.15, 0.2) is 5.82 Å². The van der Waals surface area contributed by atoms with Gasteiger partial charge in [0.25, 0.3) is 0 Å². The lowest BCUT2D eigenvalue weighted by atomic mass is 10.2. The molecule has 0 unspecified atom stereocenters. The number of benzene rings is 1.